The topological polar surface area (TPSA) is 92.6 Å². The van der Waals surface area contributed by atoms with Crippen LogP contribution in [0.15, 0.2) is 78.6 Å². The average Bonchev–Trinajstić information content (AvgIpc) is 3.42. The standard InChI is InChI=1S/C27H25N5O2S/c1-31(2)19-12-10-17(11-13-19)15-29-26(34)18-6-5-7-20(14-18)32-16-22(33)24(25(32)28)27-30-21-8-3-4-9-23(21)35-27/h3-14,28,33H,15-16H2,1-2H3,(H,29,34). The van der Waals surface area contributed by atoms with E-state index >= 15 is 0 Å². The highest BCUT2D eigenvalue weighted by molar-refractivity contribution is 7.19. The molecule has 1 amide bonds. The number of carbonyl (C=O) groups is 1. The number of hydrogen-bond donors (Lipinski definition) is 3. The first kappa shape index (κ1) is 22.6. The van der Waals surface area contributed by atoms with Gasteiger partial charge in [0.1, 0.15) is 16.6 Å². The summed E-state index contributed by atoms with van der Waals surface area (Å²) in [6.07, 6.45) is 0. The summed E-state index contributed by atoms with van der Waals surface area (Å²) < 4.78 is 1.00. The molecule has 4 aromatic rings. The van der Waals surface area contributed by atoms with E-state index in [9.17, 15) is 9.90 Å². The monoisotopic (exact) mass is 483 g/mol. The molecule has 176 valence electrons. The van der Waals surface area contributed by atoms with E-state index in [1.54, 1.807) is 23.1 Å². The summed E-state index contributed by atoms with van der Waals surface area (Å²) in [6.45, 7) is 0.577. The highest BCUT2D eigenvalue weighted by atomic mass is 32.1. The summed E-state index contributed by atoms with van der Waals surface area (Å²) in [5, 5.41) is 23.0. The van der Waals surface area contributed by atoms with Crippen molar-refractivity contribution in [2.24, 2.45) is 0 Å². The molecular weight excluding hydrogens is 458 g/mol. The molecule has 5 rings (SSSR count). The molecule has 7 nitrogen and oxygen atoms in total. The van der Waals surface area contributed by atoms with Crippen LogP contribution in [0.25, 0.3) is 15.8 Å². The SMILES string of the molecule is CN(C)c1ccc(CNC(=O)c2cccc(N3CC(O)=C(c4nc5ccccc5s4)C3=N)c2)cc1. The zero-order valence-electron chi connectivity index (χ0n) is 19.4. The third kappa shape index (κ3) is 4.48. The van der Waals surface area contributed by atoms with Crippen LogP contribution in [0.5, 0.6) is 0 Å². The van der Waals surface area contributed by atoms with Crippen LogP contribution in [0.1, 0.15) is 20.9 Å². The van der Waals surface area contributed by atoms with Gasteiger partial charge in [0.15, 0.2) is 0 Å². The minimum absolute atomic E-state index is 0.102. The van der Waals surface area contributed by atoms with Gasteiger partial charge in [0, 0.05) is 37.6 Å². The van der Waals surface area contributed by atoms with Gasteiger partial charge in [-0.15, -0.1) is 11.3 Å². The summed E-state index contributed by atoms with van der Waals surface area (Å²) in [4.78, 5) is 21.2. The van der Waals surface area contributed by atoms with E-state index in [2.05, 4.69) is 10.3 Å². The van der Waals surface area contributed by atoms with Gasteiger partial charge in [-0.2, -0.15) is 0 Å². The molecule has 0 unspecified atom stereocenters. The lowest BCUT2D eigenvalue weighted by Gasteiger charge is -2.19. The maximum absolute atomic E-state index is 12.8. The maximum atomic E-state index is 12.8. The number of fused-ring (bicyclic) bond motifs is 1. The van der Waals surface area contributed by atoms with Crippen LogP contribution in [0.2, 0.25) is 0 Å². The van der Waals surface area contributed by atoms with E-state index in [0.29, 0.717) is 28.4 Å². The van der Waals surface area contributed by atoms with Gasteiger partial charge in [-0.1, -0.05) is 30.3 Å². The molecule has 0 spiro atoms. The molecule has 1 aromatic heterocycles. The number of aliphatic hydroxyl groups is 1. The minimum atomic E-state index is -0.196. The van der Waals surface area contributed by atoms with Gasteiger partial charge in [-0.25, -0.2) is 4.98 Å². The number of aromatic nitrogens is 1. The van der Waals surface area contributed by atoms with Crippen molar-refractivity contribution < 1.29 is 9.90 Å². The van der Waals surface area contributed by atoms with Gasteiger partial charge in [0.05, 0.1) is 22.3 Å². The fraction of sp³-hybridized carbons (Fsp3) is 0.148. The van der Waals surface area contributed by atoms with E-state index in [-0.39, 0.29) is 24.0 Å². The van der Waals surface area contributed by atoms with Crippen LogP contribution in [0.4, 0.5) is 11.4 Å². The number of thiazole rings is 1. The summed E-state index contributed by atoms with van der Waals surface area (Å²) in [5.41, 5.74) is 4.55. The molecule has 1 aliphatic rings. The van der Waals surface area contributed by atoms with Crippen LogP contribution in [-0.2, 0) is 6.54 Å². The molecular formula is C27H25N5O2S. The van der Waals surface area contributed by atoms with Crippen molar-refractivity contribution in [2.45, 2.75) is 6.54 Å². The molecule has 0 atom stereocenters. The number of benzene rings is 3. The Hall–Kier alpha value is -4.17. The van der Waals surface area contributed by atoms with Gasteiger partial charge >= 0.3 is 0 Å². The van der Waals surface area contributed by atoms with Crippen molar-refractivity contribution in [1.82, 2.24) is 10.3 Å². The maximum Gasteiger partial charge on any atom is 0.251 e. The molecule has 0 aliphatic carbocycles. The smallest absolute Gasteiger partial charge is 0.251 e. The predicted octanol–water partition coefficient (Wildman–Crippen LogP) is 5.06. The zero-order valence-corrected chi connectivity index (χ0v) is 20.3. The Morgan fingerprint density at radius 3 is 2.63 bits per heavy atom. The summed E-state index contributed by atoms with van der Waals surface area (Å²) >= 11 is 1.45. The second kappa shape index (κ2) is 9.23. The number of amides is 1. The Morgan fingerprint density at radius 1 is 1.11 bits per heavy atom. The van der Waals surface area contributed by atoms with Gasteiger partial charge < -0.3 is 20.2 Å². The van der Waals surface area contributed by atoms with E-state index in [1.807, 2.05) is 73.6 Å². The highest BCUT2D eigenvalue weighted by Gasteiger charge is 2.31. The average molecular weight is 484 g/mol. The Morgan fingerprint density at radius 2 is 1.89 bits per heavy atom. The fourth-order valence-corrected chi connectivity index (χ4v) is 5.05. The van der Waals surface area contributed by atoms with E-state index < -0.39 is 0 Å². The van der Waals surface area contributed by atoms with Crippen molar-refractivity contribution in [3.8, 4) is 0 Å². The summed E-state index contributed by atoms with van der Waals surface area (Å²) in [6, 6.07) is 22.9. The van der Waals surface area contributed by atoms with E-state index in [1.165, 1.54) is 11.3 Å². The minimum Gasteiger partial charge on any atom is -0.510 e. The normalized spacial score (nSPS) is 13.5. The molecule has 3 N–H and O–H groups in total. The third-order valence-electron chi connectivity index (χ3n) is 5.94. The molecule has 8 heteroatoms. The molecule has 3 aromatic carbocycles. The number of anilines is 2. The lowest BCUT2D eigenvalue weighted by Crippen LogP contribution is -2.27. The quantitative estimate of drug-likeness (QED) is 0.357. The number of para-hydroxylation sites is 1. The first-order valence-electron chi connectivity index (χ1n) is 11.2. The van der Waals surface area contributed by atoms with Crippen LogP contribution in [0, 0.1) is 5.41 Å². The molecule has 0 bridgehead atoms. The second-order valence-electron chi connectivity index (χ2n) is 8.54. The number of nitrogens with zero attached hydrogens (tertiary/aromatic N) is 3. The van der Waals surface area contributed by atoms with Crippen molar-refractivity contribution in [1.29, 1.82) is 5.41 Å². The highest BCUT2D eigenvalue weighted by Crippen LogP contribution is 2.35. The Bertz CT molecular complexity index is 1420. The second-order valence-corrected chi connectivity index (χ2v) is 9.57. The summed E-state index contributed by atoms with van der Waals surface area (Å²) in [7, 11) is 3.97. The molecule has 0 saturated heterocycles. The molecule has 0 saturated carbocycles. The predicted molar refractivity (Wildman–Crippen MR) is 143 cm³/mol. The summed E-state index contributed by atoms with van der Waals surface area (Å²) in [5.74, 6) is 0.0722. The molecule has 1 aliphatic heterocycles. The Kier molecular flexibility index (Phi) is 5.96. The van der Waals surface area contributed by atoms with Crippen LogP contribution < -0.4 is 15.1 Å². The number of aliphatic hydroxyl groups excluding tert-OH is 1. The lowest BCUT2D eigenvalue weighted by molar-refractivity contribution is 0.0951. The first-order chi connectivity index (χ1) is 16.9. The number of hydrogen-bond acceptors (Lipinski definition) is 6. The van der Waals surface area contributed by atoms with Gasteiger partial charge in [0.25, 0.3) is 5.91 Å². The van der Waals surface area contributed by atoms with Gasteiger partial charge in [0.2, 0.25) is 0 Å². The van der Waals surface area contributed by atoms with Crippen molar-refractivity contribution >= 4 is 50.2 Å². The molecule has 0 radical (unpaired) electrons. The fourth-order valence-electron chi connectivity index (χ4n) is 4.02. The number of amidine groups is 1. The third-order valence-corrected chi connectivity index (χ3v) is 6.99. The van der Waals surface area contributed by atoms with Crippen molar-refractivity contribution in [3.63, 3.8) is 0 Å². The number of rotatable bonds is 6. The largest absolute Gasteiger partial charge is 0.510 e. The van der Waals surface area contributed by atoms with Gasteiger partial charge in [-0.3, -0.25) is 10.2 Å². The van der Waals surface area contributed by atoms with E-state index in [0.717, 1.165) is 21.5 Å². The Labute approximate surface area is 207 Å². The number of carbonyl (C=O) groups excluding carboxylic acids is 1. The molecule has 0 fully saturated rings. The van der Waals surface area contributed by atoms with Crippen molar-refractivity contribution in [2.75, 3.05) is 30.4 Å². The lowest BCUT2D eigenvalue weighted by atomic mass is 10.1. The van der Waals surface area contributed by atoms with Crippen LogP contribution >= 0.6 is 11.3 Å². The van der Waals surface area contributed by atoms with Gasteiger partial charge in [-0.05, 0) is 48.0 Å². The molecule has 35 heavy (non-hydrogen) atoms. The first-order valence-corrected chi connectivity index (χ1v) is 12.0. The van der Waals surface area contributed by atoms with Crippen molar-refractivity contribution in [3.05, 3.63) is 94.7 Å². The molecule has 2 heterocycles. The van der Waals surface area contributed by atoms with Crippen LogP contribution in [-0.4, -0.2) is 42.5 Å². The zero-order chi connectivity index (χ0) is 24.5. The van der Waals surface area contributed by atoms with E-state index in [4.69, 9.17) is 5.41 Å². The number of nitrogens with one attached hydrogen (secondary N) is 2. The van der Waals surface area contributed by atoms with Crippen LogP contribution in [0.3, 0.4) is 0 Å². The Balaban J connectivity index is 1.30.